The average molecular weight is 226 g/mol. The van der Waals surface area contributed by atoms with Crippen molar-refractivity contribution in [2.24, 2.45) is 0 Å². The van der Waals surface area contributed by atoms with Crippen LogP contribution in [-0.4, -0.2) is 9.38 Å². The molecule has 0 fully saturated rings. The number of pyridine rings is 1. The van der Waals surface area contributed by atoms with Gasteiger partial charge in [0.05, 0.1) is 6.20 Å². The number of hydrogen-bond donors (Lipinski definition) is 0. The molecule has 0 amide bonds. The molecule has 3 nitrogen and oxygen atoms in total. The van der Waals surface area contributed by atoms with E-state index in [2.05, 4.69) is 35.4 Å². The number of hydrogen-bond acceptors (Lipinski definition) is 2. The molecule has 0 bridgehead atoms. The lowest BCUT2D eigenvalue weighted by molar-refractivity contribution is 0.545. The van der Waals surface area contributed by atoms with E-state index in [-0.39, 0.29) is 0 Å². The van der Waals surface area contributed by atoms with Gasteiger partial charge in [0.15, 0.2) is 5.76 Å². The fourth-order valence-corrected chi connectivity index (χ4v) is 2.22. The van der Waals surface area contributed by atoms with Crippen molar-refractivity contribution in [2.75, 3.05) is 0 Å². The summed E-state index contributed by atoms with van der Waals surface area (Å²) in [6, 6.07) is 8.18. The van der Waals surface area contributed by atoms with Crippen molar-refractivity contribution >= 4 is 5.65 Å². The Morgan fingerprint density at radius 1 is 1.12 bits per heavy atom. The van der Waals surface area contributed by atoms with E-state index >= 15 is 0 Å². The number of imidazole rings is 1. The number of furan rings is 1. The Hall–Kier alpha value is -2.03. The van der Waals surface area contributed by atoms with Crippen LogP contribution in [0.4, 0.5) is 0 Å². The SMILES string of the molecule is Cc1cc(C)n2c(-c3ccc(C)o3)cnc2c1. The van der Waals surface area contributed by atoms with Crippen LogP contribution in [0.5, 0.6) is 0 Å². The van der Waals surface area contributed by atoms with E-state index < -0.39 is 0 Å². The maximum atomic E-state index is 5.66. The summed E-state index contributed by atoms with van der Waals surface area (Å²) >= 11 is 0. The zero-order valence-electron chi connectivity index (χ0n) is 10.2. The van der Waals surface area contributed by atoms with Gasteiger partial charge in [-0.2, -0.15) is 0 Å². The average Bonchev–Trinajstić information content (AvgIpc) is 2.83. The number of fused-ring (bicyclic) bond motifs is 1. The second kappa shape index (κ2) is 3.48. The minimum Gasteiger partial charge on any atom is -0.460 e. The summed E-state index contributed by atoms with van der Waals surface area (Å²) in [5, 5.41) is 0. The first-order chi connectivity index (χ1) is 8.15. The van der Waals surface area contributed by atoms with Gasteiger partial charge in [-0.3, -0.25) is 4.40 Å². The quantitative estimate of drug-likeness (QED) is 0.635. The monoisotopic (exact) mass is 226 g/mol. The Bertz CT molecular complexity index is 691. The van der Waals surface area contributed by atoms with Crippen LogP contribution in [-0.2, 0) is 0 Å². The zero-order chi connectivity index (χ0) is 12.0. The van der Waals surface area contributed by atoms with Gasteiger partial charge in [0.1, 0.15) is 17.1 Å². The highest BCUT2D eigenvalue weighted by Gasteiger charge is 2.11. The van der Waals surface area contributed by atoms with Crippen LogP contribution < -0.4 is 0 Å². The van der Waals surface area contributed by atoms with Crippen LogP contribution in [0.1, 0.15) is 17.0 Å². The summed E-state index contributed by atoms with van der Waals surface area (Å²) in [4.78, 5) is 4.43. The molecule has 0 atom stereocenters. The predicted octanol–water partition coefficient (Wildman–Crippen LogP) is 3.52. The van der Waals surface area contributed by atoms with E-state index in [4.69, 9.17) is 4.42 Å². The minimum atomic E-state index is 0.863. The molecule has 0 radical (unpaired) electrons. The third-order valence-corrected chi connectivity index (χ3v) is 2.93. The highest BCUT2D eigenvalue weighted by Crippen LogP contribution is 2.24. The minimum absolute atomic E-state index is 0.863. The maximum Gasteiger partial charge on any atom is 0.152 e. The summed E-state index contributed by atoms with van der Waals surface area (Å²) < 4.78 is 7.78. The highest BCUT2D eigenvalue weighted by molar-refractivity contribution is 5.60. The molecule has 0 aliphatic carbocycles. The van der Waals surface area contributed by atoms with E-state index in [1.165, 1.54) is 11.3 Å². The van der Waals surface area contributed by atoms with Gasteiger partial charge in [0, 0.05) is 5.69 Å². The molecule has 3 heterocycles. The Morgan fingerprint density at radius 2 is 1.94 bits per heavy atom. The Balaban J connectivity index is 2.31. The molecule has 86 valence electrons. The van der Waals surface area contributed by atoms with E-state index in [0.29, 0.717) is 0 Å². The van der Waals surface area contributed by atoms with Crippen LogP contribution >= 0.6 is 0 Å². The lowest BCUT2D eigenvalue weighted by atomic mass is 10.2. The van der Waals surface area contributed by atoms with E-state index in [9.17, 15) is 0 Å². The van der Waals surface area contributed by atoms with Crippen molar-refractivity contribution in [3.63, 3.8) is 0 Å². The van der Waals surface area contributed by atoms with E-state index in [0.717, 1.165) is 22.9 Å². The van der Waals surface area contributed by atoms with Crippen LogP contribution in [0.3, 0.4) is 0 Å². The smallest absolute Gasteiger partial charge is 0.152 e. The van der Waals surface area contributed by atoms with Crippen molar-refractivity contribution in [1.29, 1.82) is 0 Å². The number of aromatic nitrogens is 2. The van der Waals surface area contributed by atoms with Gasteiger partial charge in [-0.25, -0.2) is 4.98 Å². The largest absolute Gasteiger partial charge is 0.460 e. The normalized spacial score (nSPS) is 11.2. The number of rotatable bonds is 1. The van der Waals surface area contributed by atoms with Gasteiger partial charge in [0.25, 0.3) is 0 Å². The van der Waals surface area contributed by atoms with Gasteiger partial charge in [0.2, 0.25) is 0 Å². The molecule has 3 rings (SSSR count). The summed E-state index contributed by atoms with van der Waals surface area (Å²) in [5.41, 5.74) is 4.36. The topological polar surface area (TPSA) is 30.4 Å². The summed E-state index contributed by atoms with van der Waals surface area (Å²) in [6.07, 6.45) is 1.86. The Morgan fingerprint density at radius 3 is 2.65 bits per heavy atom. The van der Waals surface area contributed by atoms with Gasteiger partial charge in [-0.1, -0.05) is 0 Å². The molecular weight excluding hydrogens is 212 g/mol. The molecule has 0 aromatic carbocycles. The molecule has 0 spiro atoms. The lowest BCUT2D eigenvalue weighted by Crippen LogP contribution is -1.94. The van der Waals surface area contributed by atoms with Gasteiger partial charge in [-0.15, -0.1) is 0 Å². The van der Waals surface area contributed by atoms with Gasteiger partial charge in [-0.05, 0) is 50.6 Å². The van der Waals surface area contributed by atoms with E-state index in [1.807, 2.05) is 25.3 Å². The first kappa shape index (κ1) is 10.1. The molecule has 3 heteroatoms. The van der Waals surface area contributed by atoms with Crippen molar-refractivity contribution < 1.29 is 4.42 Å². The first-order valence-corrected chi connectivity index (χ1v) is 5.66. The van der Waals surface area contributed by atoms with Crippen LogP contribution in [0, 0.1) is 20.8 Å². The Kier molecular flexibility index (Phi) is 2.08. The molecule has 0 unspecified atom stereocenters. The summed E-state index contributed by atoms with van der Waals surface area (Å²) in [7, 11) is 0. The first-order valence-electron chi connectivity index (χ1n) is 5.66. The summed E-state index contributed by atoms with van der Waals surface area (Å²) in [6.45, 7) is 6.11. The molecule has 0 saturated carbocycles. The van der Waals surface area contributed by atoms with Gasteiger partial charge < -0.3 is 4.42 Å². The lowest BCUT2D eigenvalue weighted by Gasteiger charge is -2.04. The molecule has 3 aromatic heterocycles. The predicted molar refractivity (Wildman–Crippen MR) is 67.1 cm³/mol. The second-order valence-electron chi connectivity index (χ2n) is 4.42. The molecule has 17 heavy (non-hydrogen) atoms. The van der Waals surface area contributed by atoms with Crippen molar-refractivity contribution in [3.8, 4) is 11.5 Å². The van der Waals surface area contributed by atoms with Crippen LogP contribution in [0.25, 0.3) is 17.1 Å². The molecule has 0 aliphatic rings. The van der Waals surface area contributed by atoms with Gasteiger partial charge >= 0.3 is 0 Å². The van der Waals surface area contributed by atoms with Crippen LogP contribution in [0.2, 0.25) is 0 Å². The fourth-order valence-electron chi connectivity index (χ4n) is 2.22. The van der Waals surface area contributed by atoms with Crippen molar-refractivity contribution in [2.45, 2.75) is 20.8 Å². The van der Waals surface area contributed by atoms with Crippen LogP contribution in [0.15, 0.2) is 34.9 Å². The third kappa shape index (κ3) is 1.55. The molecule has 3 aromatic rings. The van der Waals surface area contributed by atoms with E-state index in [1.54, 1.807) is 0 Å². The highest BCUT2D eigenvalue weighted by atomic mass is 16.3. The third-order valence-electron chi connectivity index (χ3n) is 2.93. The zero-order valence-corrected chi connectivity index (χ0v) is 10.2. The molecule has 0 saturated heterocycles. The fraction of sp³-hybridized carbons (Fsp3) is 0.214. The van der Waals surface area contributed by atoms with Crippen molar-refractivity contribution in [3.05, 3.63) is 47.5 Å². The second-order valence-corrected chi connectivity index (χ2v) is 4.42. The summed E-state index contributed by atoms with van der Waals surface area (Å²) in [5.74, 6) is 1.78. The number of aryl methyl sites for hydroxylation is 3. The molecule has 0 N–H and O–H groups in total. The maximum absolute atomic E-state index is 5.66. The molecule has 0 aliphatic heterocycles. The number of nitrogens with zero attached hydrogens (tertiary/aromatic N) is 2. The van der Waals surface area contributed by atoms with Crippen molar-refractivity contribution in [1.82, 2.24) is 9.38 Å². The Labute approximate surface area is 99.7 Å². The standard InChI is InChI=1S/C14H14N2O/c1-9-6-10(2)16-12(8-15-14(16)7-9)13-5-4-11(3)17-13/h4-8H,1-3H3. The molecular formula is C14H14N2O.